The van der Waals surface area contributed by atoms with Crippen molar-refractivity contribution in [3.05, 3.63) is 44.1 Å². The molecule has 1 aliphatic rings. The van der Waals surface area contributed by atoms with Crippen LogP contribution in [0, 0.1) is 5.92 Å². The van der Waals surface area contributed by atoms with E-state index in [1.807, 2.05) is 23.0 Å². The molecule has 4 rings (SSSR count). The highest BCUT2D eigenvalue weighted by atomic mass is 35.5. The van der Waals surface area contributed by atoms with Gasteiger partial charge in [0.1, 0.15) is 0 Å². The molecular formula is C20H20Cl2N4OS2. The summed E-state index contributed by atoms with van der Waals surface area (Å²) in [6.45, 7) is 2.31. The fourth-order valence-electron chi connectivity index (χ4n) is 3.46. The third kappa shape index (κ3) is 4.33. The highest BCUT2D eigenvalue weighted by molar-refractivity contribution is 7.99. The lowest BCUT2D eigenvalue weighted by molar-refractivity contribution is -0.113. The fourth-order valence-corrected chi connectivity index (χ4v) is 5.91. The zero-order valence-corrected chi connectivity index (χ0v) is 19.2. The SMILES string of the molecule is CC1CCc2c(-c3nnc(SCC(=O)Nc4c(Cl)cccc4Cl)n3C)csc2C1. The summed E-state index contributed by atoms with van der Waals surface area (Å²) < 4.78 is 1.96. The van der Waals surface area contributed by atoms with Gasteiger partial charge in [-0.3, -0.25) is 4.79 Å². The number of rotatable bonds is 5. The first kappa shape index (κ1) is 20.7. The predicted molar refractivity (Wildman–Crippen MR) is 121 cm³/mol. The molecule has 1 aliphatic carbocycles. The normalized spacial score (nSPS) is 15.9. The van der Waals surface area contributed by atoms with Crippen molar-refractivity contribution in [1.82, 2.24) is 14.8 Å². The van der Waals surface area contributed by atoms with Gasteiger partial charge >= 0.3 is 0 Å². The Morgan fingerprint density at radius 2 is 2.10 bits per heavy atom. The van der Waals surface area contributed by atoms with Crippen molar-refractivity contribution in [2.24, 2.45) is 13.0 Å². The topological polar surface area (TPSA) is 59.8 Å². The van der Waals surface area contributed by atoms with E-state index in [0.717, 1.165) is 24.6 Å². The number of nitrogens with one attached hydrogen (secondary N) is 1. The van der Waals surface area contributed by atoms with Crippen LogP contribution in [0.4, 0.5) is 5.69 Å². The van der Waals surface area contributed by atoms with Gasteiger partial charge in [-0.2, -0.15) is 0 Å². The second-order valence-electron chi connectivity index (χ2n) is 7.20. The van der Waals surface area contributed by atoms with Crippen LogP contribution in [0.2, 0.25) is 10.0 Å². The standard InChI is InChI=1S/C20H20Cl2N4OS2/c1-11-6-7-12-13(9-28-16(12)8-11)19-24-25-20(26(19)2)29-10-17(27)23-18-14(21)4-3-5-15(18)22/h3-5,9,11H,6-8,10H2,1-2H3,(H,23,27). The molecule has 1 amide bonds. The molecule has 2 aromatic heterocycles. The Balaban J connectivity index is 1.45. The van der Waals surface area contributed by atoms with Crippen LogP contribution < -0.4 is 5.32 Å². The van der Waals surface area contributed by atoms with Gasteiger partial charge < -0.3 is 9.88 Å². The number of anilines is 1. The molecule has 1 N–H and O–H groups in total. The van der Waals surface area contributed by atoms with Crippen molar-refractivity contribution >= 4 is 57.9 Å². The van der Waals surface area contributed by atoms with Gasteiger partial charge in [0.15, 0.2) is 11.0 Å². The summed E-state index contributed by atoms with van der Waals surface area (Å²) in [5.74, 6) is 1.59. The summed E-state index contributed by atoms with van der Waals surface area (Å²) in [5, 5.41) is 15.2. The molecule has 9 heteroatoms. The van der Waals surface area contributed by atoms with E-state index >= 15 is 0 Å². The Morgan fingerprint density at radius 3 is 2.86 bits per heavy atom. The van der Waals surface area contributed by atoms with Gasteiger partial charge in [0, 0.05) is 22.9 Å². The number of hydrogen-bond donors (Lipinski definition) is 1. The lowest BCUT2D eigenvalue weighted by Crippen LogP contribution is -2.15. The average molecular weight is 467 g/mol. The third-order valence-electron chi connectivity index (χ3n) is 5.04. The molecule has 1 atom stereocenters. The lowest BCUT2D eigenvalue weighted by Gasteiger charge is -2.18. The van der Waals surface area contributed by atoms with Gasteiger partial charge in [0.05, 0.1) is 21.5 Å². The Bertz CT molecular complexity index is 1040. The summed E-state index contributed by atoms with van der Waals surface area (Å²) in [7, 11) is 1.94. The molecule has 152 valence electrons. The molecule has 0 saturated heterocycles. The largest absolute Gasteiger partial charge is 0.323 e. The van der Waals surface area contributed by atoms with Crippen LogP contribution in [0.15, 0.2) is 28.7 Å². The minimum absolute atomic E-state index is 0.187. The minimum atomic E-state index is -0.198. The molecule has 0 bridgehead atoms. The van der Waals surface area contributed by atoms with Crippen LogP contribution in [-0.4, -0.2) is 26.4 Å². The zero-order valence-electron chi connectivity index (χ0n) is 16.0. The van der Waals surface area contributed by atoms with Crippen molar-refractivity contribution in [3.63, 3.8) is 0 Å². The van der Waals surface area contributed by atoms with Crippen LogP contribution >= 0.6 is 46.3 Å². The third-order valence-corrected chi connectivity index (χ3v) is 7.74. The number of thiophene rings is 1. The number of carbonyl (C=O) groups is 1. The van der Waals surface area contributed by atoms with Crippen molar-refractivity contribution in [2.45, 2.75) is 31.3 Å². The first-order chi connectivity index (χ1) is 13.9. The Kier molecular flexibility index (Phi) is 6.20. The molecular weight excluding hydrogens is 447 g/mol. The second kappa shape index (κ2) is 8.68. The average Bonchev–Trinajstić information content (AvgIpc) is 3.26. The molecule has 0 radical (unpaired) electrons. The zero-order chi connectivity index (χ0) is 20.5. The molecule has 2 heterocycles. The van der Waals surface area contributed by atoms with E-state index in [1.165, 1.54) is 34.2 Å². The Morgan fingerprint density at radius 1 is 1.34 bits per heavy atom. The molecule has 5 nitrogen and oxygen atoms in total. The van der Waals surface area contributed by atoms with Gasteiger partial charge in [-0.1, -0.05) is 48.0 Å². The van der Waals surface area contributed by atoms with Gasteiger partial charge in [-0.25, -0.2) is 0 Å². The maximum Gasteiger partial charge on any atom is 0.234 e. The van der Waals surface area contributed by atoms with Crippen molar-refractivity contribution in [2.75, 3.05) is 11.1 Å². The molecule has 0 saturated carbocycles. The Labute approximate surface area is 187 Å². The summed E-state index contributed by atoms with van der Waals surface area (Å²) in [6.07, 6.45) is 3.44. The number of carbonyl (C=O) groups excluding carboxylic acids is 1. The van der Waals surface area contributed by atoms with E-state index < -0.39 is 0 Å². The number of benzene rings is 1. The molecule has 0 spiro atoms. The summed E-state index contributed by atoms with van der Waals surface area (Å²) in [5.41, 5.74) is 3.01. The maximum atomic E-state index is 12.4. The summed E-state index contributed by atoms with van der Waals surface area (Å²) in [6, 6.07) is 5.11. The van der Waals surface area contributed by atoms with Gasteiger partial charge in [0.25, 0.3) is 0 Å². The van der Waals surface area contributed by atoms with Gasteiger partial charge in [0.2, 0.25) is 5.91 Å². The number of thioether (sulfide) groups is 1. The molecule has 1 unspecified atom stereocenters. The second-order valence-corrected chi connectivity index (χ2v) is 9.92. The van der Waals surface area contributed by atoms with Crippen LogP contribution in [-0.2, 0) is 24.7 Å². The smallest absolute Gasteiger partial charge is 0.234 e. The van der Waals surface area contributed by atoms with Crippen molar-refractivity contribution < 1.29 is 4.79 Å². The van der Waals surface area contributed by atoms with Gasteiger partial charge in [-0.05, 0) is 42.9 Å². The van der Waals surface area contributed by atoms with Crippen LogP contribution in [0.3, 0.4) is 0 Å². The van der Waals surface area contributed by atoms with E-state index in [0.29, 0.717) is 20.9 Å². The molecule has 3 aromatic rings. The van der Waals surface area contributed by atoms with Crippen molar-refractivity contribution in [3.8, 4) is 11.4 Å². The van der Waals surface area contributed by atoms with Crippen molar-refractivity contribution in [1.29, 1.82) is 0 Å². The number of hydrogen-bond acceptors (Lipinski definition) is 5. The van der Waals surface area contributed by atoms with Crippen LogP contribution in [0.5, 0.6) is 0 Å². The number of aromatic nitrogens is 3. The predicted octanol–water partition coefficient (Wildman–Crippen LogP) is 5.71. The number of amides is 1. The highest BCUT2D eigenvalue weighted by Gasteiger charge is 2.23. The van der Waals surface area contributed by atoms with Crippen LogP contribution in [0.1, 0.15) is 23.8 Å². The molecule has 0 aliphatic heterocycles. The quantitative estimate of drug-likeness (QED) is 0.489. The summed E-state index contributed by atoms with van der Waals surface area (Å²) in [4.78, 5) is 13.8. The number of fused-ring (bicyclic) bond motifs is 1. The fraction of sp³-hybridized carbons (Fsp3) is 0.350. The van der Waals surface area contributed by atoms with Crippen LogP contribution in [0.25, 0.3) is 11.4 Å². The maximum absolute atomic E-state index is 12.4. The van der Waals surface area contributed by atoms with E-state index in [-0.39, 0.29) is 11.7 Å². The number of halogens is 2. The first-order valence-corrected chi connectivity index (χ1v) is 11.9. The van der Waals surface area contributed by atoms with E-state index in [1.54, 1.807) is 18.2 Å². The molecule has 0 fully saturated rings. The lowest BCUT2D eigenvalue weighted by atomic mass is 9.88. The number of nitrogens with zero attached hydrogens (tertiary/aromatic N) is 3. The van der Waals surface area contributed by atoms with E-state index in [9.17, 15) is 4.79 Å². The van der Waals surface area contributed by atoms with E-state index in [2.05, 4.69) is 27.8 Å². The molecule has 1 aromatic carbocycles. The first-order valence-electron chi connectivity index (χ1n) is 9.29. The minimum Gasteiger partial charge on any atom is -0.323 e. The molecule has 29 heavy (non-hydrogen) atoms. The highest BCUT2D eigenvalue weighted by Crippen LogP contribution is 2.38. The monoisotopic (exact) mass is 466 g/mol. The van der Waals surface area contributed by atoms with Gasteiger partial charge in [-0.15, -0.1) is 21.5 Å². The Hall–Kier alpha value is -1.54. The van der Waals surface area contributed by atoms with E-state index in [4.69, 9.17) is 23.2 Å². The number of para-hydroxylation sites is 1. The summed E-state index contributed by atoms with van der Waals surface area (Å²) >= 11 is 15.4.